The highest BCUT2D eigenvalue weighted by molar-refractivity contribution is 7.89. The van der Waals surface area contributed by atoms with Gasteiger partial charge in [-0.25, -0.2) is 17.2 Å². The summed E-state index contributed by atoms with van der Waals surface area (Å²) < 4.78 is 65.2. The molecular weight excluding hydrogens is 412 g/mol. The minimum absolute atomic E-state index is 0.106. The molecule has 3 aromatic carbocycles. The smallest absolute Gasteiger partial charge is 0.248 e. The second-order valence-electron chi connectivity index (χ2n) is 6.57. The molecule has 0 saturated carbocycles. The summed E-state index contributed by atoms with van der Waals surface area (Å²) in [6.07, 6.45) is 0. The van der Waals surface area contributed by atoms with Crippen LogP contribution in [-0.4, -0.2) is 26.9 Å². The lowest BCUT2D eigenvalue weighted by Crippen LogP contribution is -2.28. The maximum atomic E-state index is 14.0. The second-order valence-corrected chi connectivity index (χ2v) is 8.55. The molecule has 0 N–H and O–H groups in total. The van der Waals surface area contributed by atoms with Crippen molar-refractivity contribution in [2.24, 2.45) is 0 Å². The van der Waals surface area contributed by atoms with Crippen molar-refractivity contribution in [2.45, 2.75) is 18.0 Å². The molecule has 5 nitrogen and oxygen atoms in total. The van der Waals surface area contributed by atoms with E-state index < -0.39 is 26.6 Å². The largest absolute Gasteiger partial charge is 0.493 e. The van der Waals surface area contributed by atoms with Crippen molar-refractivity contribution in [3.63, 3.8) is 0 Å². The van der Waals surface area contributed by atoms with Gasteiger partial charge >= 0.3 is 0 Å². The summed E-state index contributed by atoms with van der Waals surface area (Å²) in [5, 5.41) is 0. The summed E-state index contributed by atoms with van der Waals surface area (Å²) >= 11 is 0. The molecule has 0 amide bonds. The average Bonchev–Trinajstić information content (AvgIpc) is 2.73. The Morgan fingerprint density at radius 2 is 1.53 bits per heavy atom. The third-order valence-corrected chi connectivity index (χ3v) is 6.31. The monoisotopic (exact) mass is 433 g/mol. The molecule has 0 spiro atoms. The lowest BCUT2D eigenvalue weighted by atomic mass is 10.2. The number of rotatable bonds is 8. The summed E-state index contributed by atoms with van der Waals surface area (Å²) in [6, 6.07) is 17.5. The van der Waals surface area contributed by atoms with Gasteiger partial charge in [-0.3, -0.25) is 0 Å². The molecule has 0 bridgehead atoms. The Labute approximate surface area is 174 Å². The molecule has 0 heterocycles. The molecule has 30 heavy (non-hydrogen) atoms. The second kappa shape index (κ2) is 9.23. The van der Waals surface area contributed by atoms with Gasteiger partial charge in [0.15, 0.2) is 16.4 Å². The Balaban J connectivity index is 1.78. The topological polar surface area (TPSA) is 55.8 Å². The molecule has 0 unspecified atom stereocenters. The van der Waals surface area contributed by atoms with E-state index in [-0.39, 0.29) is 6.54 Å². The fourth-order valence-electron chi connectivity index (χ4n) is 2.89. The van der Waals surface area contributed by atoms with Crippen LogP contribution >= 0.6 is 0 Å². The van der Waals surface area contributed by atoms with Crippen molar-refractivity contribution >= 4 is 10.0 Å². The molecular formula is C22H21F2NO4S. The first-order valence-electron chi connectivity index (χ1n) is 9.07. The average molecular weight is 433 g/mol. The number of nitrogens with zero attached hydrogens (tertiary/aromatic N) is 1. The van der Waals surface area contributed by atoms with Gasteiger partial charge in [0.2, 0.25) is 10.0 Å². The normalized spacial score (nSPS) is 11.5. The molecule has 0 aliphatic heterocycles. The third-order valence-electron chi connectivity index (χ3n) is 4.46. The molecule has 158 valence electrons. The molecule has 0 aliphatic rings. The molecule has 0 aromatic heterocycles. The molecule has 0 fully saturated rings. The van der Waals surface area contributed by atoms with Gasteiger partial charge in [0.25, 0.3) is 0 Å². The van der Waals surface area contributed by atoms with Crippen LogP contribution < -0.4 is 9.47 Å². The van der Waals surface area contributed by atoms with Crippen LogP contribution in [0.2, 0.25) is 0 Å². The highest BCUT2D eigenvalue weighted by Crippen LogP contribution is 2.30. The molecule has 0 aliphatic carbocycles. The van der Waals surface area contributed by atoms with Crippen LogP contribution in [0.25, 0.3) is 0 Å². The highest BCUT2D eigenvalue weighted by Gasteiger charge is 2.28. The summed E-state index contributed by atoms with van der Waals surface area (Å²) in [5.74, 6) is -1.35. The van der Waals surface area contributed by atoms with Crippen LogP contribution in [0.15, 0.2) is 71.6 Å². The van der Waals surface area contributed by atoms with Crippen LogP contribution in [0.5, 0.6) is 11.5 Å². The predicted molar refractivity (Wildman–Crippen MR) is 109 cm³/mol. The van der Waals surface area contributed by atoms with E-state index in [1.54, 1.807) is 18.2 Å². The SMILES string of the molecule is COc1cc(CN(C)S(=O)(=O)c2c(F)cccc2F)ccc1OCc1ccccc1. The minimum atomic E-state index is -4.36. The van der Waals surface area contributed by atoms with Gasteiger partial charge in [0, 0.05) is 13.6 Å². The van der Waals surface area contributed by atoms with Crippen molar-refractivity contribution in [1.82, 2.24) is 4.31 Å². The molecule has 3 rings (SSSR count). The van der Waals surface area contributed by atoms with Crippen molar-refractivity contribution in [2.75, 3.05) is 14.2 Å². The van der Waals surface area contributed by atoms with Crippen LogP contribution in [0, 0.1) is 11.6 Å². The Hall–Kier alpha value is -2.97. The zero-order chi connectivity index (χ0) is 21.7. The summed E-state index contributed by atoms with van der Waals surface area (Å²) in [4.78, 5) is -0.970. The third kappa shape index (κ3) is 4.77. The standard InChI is InChI=1S/C22H21F2NO4S/c1-25(30(26,27)22-18(23)9-6-10-19(22)24)14-17-11-12-20(21(13-17)28-2)29-15-16-7-4-3-5-8-16/h3-13H,14-15H2,1-2H3. The van der Waals surface area contributed by atoms with E-state index in [1.165, 1.54) is 14.2 Å². The van der Waals surface area contributed by atoms with E-state index in [1.807, 2.05) is 30.3 Å². The summed E-state index contributed by atoms with van der Waals surface area (Å²) in [7, 11) is -1.63. The molecule has 0 atom stereocenters. The van der Waals surface area contributed by atoms with Gasteiger partial charge in [-0.1, -0.05) is 42.5 Å². The lowest BCUT2D eigenvalue weighted by Gasteiger charge is -2.19. The zero-order valence-corrected chi connectivity index (χ0v) is 17.3. The fraction of sp³-hybridized carbons (Fsp3) is 0.182. The Bertz CT molecular complexity index is 1100. The number of benzene rings is 3. The van der Waals surface area contributed by atoms with E-state index in [0.29, 0.717) is 23.7 Å². The molecule has 0 radical (unpaired) electrons. The van der Waals surface area contributed by atoms with Crippen molar-refractivity contribution in [3.8, 4) is 11.5 Å². The molecule has 8 heteroatoms. The van der Waals surface area contributed by atoms with Crippen LogP contribution in [0.1, 0.15) is 11.1 Å². The first-order valence-corrected chi connectivity index (χ1v) is 10.5. The van der Waals surface area contributed by atoms with Crippen molar-refractivity contribution in [3.05, 3.63) is 89.5 Å². The van der Waals surface area contributed by atoms with E-state index in [9.17, 15) is 17.2 Å². The van der Waals surface area contributed by atoms with Crippen LogP contribution in [0.4, 0.5) is 8.78 Å². The number of methoxy groups -OCH3 is 1. The number of ether oxygens (including phenoxy) is 2. The highest BCUT2D eigenvalue weighted by atomic mass is 32.2. The summed E-state index contributed by atoms with van der Waals surface area (Å²) in [5.41, 5.74) is 1.56. The molecule has 3 aromatic rings. The Morgan fingerprint density at radius 3 is 2.17 bits per heavy atom. The van der Waals surface area contributed by atoms with E-state index >= 15 is 0 Å². The van der Waals surface area contributed by atoms with E-state index in [4.69, 9.17) is 9.47 Å². The van der Waals surface area contributed by atoms with Gasteiger partial charge in [0.05, 0.1) is 7.11 Å². The molecule has 0 saturated heterocycles. The number of sulfonamides is 1. The lowest BCUT2D eigenvalue weighted by molar-refractivity contribution is 0.284. The van der Waals surface area contributed by atoms with Gasteiger partial charge < -0.3 is 9.47 Å². The van der Waals surface area contributed by atoms with Gasteiger partial charge in [-0.15, -0.1) is 0 Å². The zero-order valence-electron chi connectivity index (χ0n) is 16.5. The first-order chi connectivity index (χ1) is 14.3. The van der Waals surface area contributed by atoms with Crippen LogP contribution in [0.3, 0.4) is 0 Å². The fourth-order valence-corrected chi connectivity index (χ4v) is 4.15. The maximum absolute atomic E-state index is 14.0. The quantitative estimate of drug-likeness (QED) is 0.529. The Morgan fingerprint density at radius 1 is 0.867 bits per heavy atom. The Kier molecular flexibility index (Phi) is 6.69. The predicted octanol–water partition coefficient (Wildman–Crippen LogP) is 4.37. The van der Waals surface area contributed by atoms with Gasteiger partial charge in [-0.05, 0) is 35.4 Å². The number of halogens is 2. The van der Waals surface area contributed by atoms with Crippen molar-refractivity contribution in [1.29, 1.82) is 0 Å². The maximum Gasteiger partial charge on any atom is 0.248 e. The first kappa shape index (κ1) is 21.7. The van der Waals surface area contributed by atoms with Crippen LogP contribution in [-0.2, 0) is 23.2 Å². The van der Waals surface area contributed by atoms with E-state index in [0.717, 1.165) is 28.1 Å². The van der Waals surface area contributed by atoms with E-state index in [2.05, 4.69) is 0 Å². The number of hydrogen-bond donors (Lipinski definition) is 0. The summed E-state index contributed by atoms with van der Waals surface area (Å²) in [6.45, 7) is 0.239. The van der Waals surface area contributed by atoms with Gasteiger partial charge in [0.1, 0.15) is 18.2 Å². The minimum Gasteiger partial charge on any atom is -0.493 e. The van der Waals surface area contributed by atoms with Crippen molar-refractivity contribution < 1.29 is 26.7 Å². The van der Waals surface area contributed by atoms with Gasteiger partial charge in [-0.2, -0.15) is 4.31 Å². The number of hydrogen-bond acceptors (Lipinski definition) is 4.